The molecule has 0 radical (unpaired) electrons. The number of carbonyl (C=O) groups excluding carboxylic acids is 2. The lowest BCUT2D eigenvalue weighted by atomic mass is 10.1. The maximum absolute atomic E-state index is 12.7. The molecule has 1 heterocycles. The van der Waals surface area contributed by atoms with E-state index in [1.807, 2.05) is 48.9 Å². The van der Waals surface area contributed by atoms with Crippen LogP contribution in [-0.4, -0.2) is 21.6 Å². The number of carbonyl (C=O) groups is 2. The van der Waals surface area contributed by atoms with Gasteiger partial charge in [0, 0.05) is 29.8 Å². The standard InChI is InChI=1S/C23H32N4O2/c1-6-15(2)21(28)25-18-9-7-8-16(12-18)14-24-22(29)19-13-20(17-10-11-17)27(26-19)23(3,4)5/h7-9,12-13,15,17H,6,10-11,14H2,1-5H3,(H,24,29)(H,25,28). The fraction of sp³-hybridized carbons (Fsp3) is 0.522. The van der Waals surface area contributed by atoms with E-state index in [0.717, 1.165) is 36.2 Å². The third-order valence-electron chi connectivity index (χ3n) is 5.31. The number of anilines is 1. The zero-order chi connectivity index (χ0) is 21.2. The summed E-state index contributed by atoms with van der Waals surface area (Å²) in [4.78, 5) is 24.8. The molecule has 2 amide bonds. The van der Waals surface area contributed by atoms with Crippen molar-refractivity contribution in [1.29, 1.82) is 0 Å². The molecule has 1 aliphatic carbocycles. The Balaban J connectivity index is 1.65. The third kappa shape index (κ3) is 5.25. The highest BCUT2D eigenvalue weighted by atomic mass is 16.2. The second-order valence-electron chi connectivity index (χ2n) is 8.99. The molecule has 0 bridgehead atoms. The van der Waals surface area contributed by atoms with Crippen LogP contribution < -0.4 is 10.6 Å². The van der Waals surface area contributed by atoms with Crippen LogP contribution in [0.1, 0.15) is 81.5 Å². The normalized spacial score (nSPS) is 15.1. The Morgan fingerprint density at radius 3 is 2.59 bits per heavy atom. The van der Waals surface area contributed by atoms with Crippen molar-refractivity contribution in [2.45, 2.75) is 71.9 Å². The number of nitrogens with zero attached hydrogens (tertiary/aromatic N) is 2. The summed E-state index contributed by atoms with van der Waals surface area (Å²) in [5, 5.41) is 10.5. The molecule has 1 aromatic heterocycles. The molecule has 29 heavy (non-hydrogen) atoms. The predicted molar refractivity (Wildman–Crippen MR) is 115 cm³/mol. The molecule has 6 heteroatoms. The van der Waals surface area contributed by atoms with Gasteiger partial charge in [0.2, 0.25) is 5.91 Å². The second kappa shape index (κ2) is 8.39. The van der Waals surface area contributed by atoms with E-state index in [-0.39, 0.29) is 23.3 Å². The van der Waals surface area contributed by atoms with E-state index >= 15 is 0 Å². The first-order valence-corrected chi connectivity index (χ1v) is 10.5. The summed E-state index contributed by atoms with van der Waals surface area (Å²) in [6.07, 6.45) is 3.13. The smallest absolute Gasteiger partial charge is 0.272 e. The molecule has 1 fully saturated rings. The van der Waals surface area contributed by atoms with Crippen LogP contribution in [0.3, 0.4) is 0 Å². The molecule has 0 saturated heterocycles. The summed E-state index contributed by atoms with van der Waals surface area (Å²) in [5.41, 5.74) is 3.13. The summed E-state index contributed by atoms with van der Waals surface area (Å²) in [5.74, 6) is 0.323. The molecule has 2 N–H and O–H groups in total. The molecule has 1 atom stereocenters. The molecular formula is C23H32N4O2. The Bertz CT molecular complexity index is 891. The molecule has 0 spiro atoms. The molecule has 156 valence electrons. The Morgan fingerprint density at radius 2 is 1.97 bits per heavy atom. The minimum absolute atomic E-state index is 0.00834. The van der Waals surface area contributed by atoms with Gasteiger partial charge >= 0.3 is 0 Å². The second-order valence-corrected chi connectivity index (χ2v) is 8.99. The van der Waals surface area contributed by atoms with Crippen LogP contribution in [0, 0.1) is 5.92 Å². The molecule has 1 aromatic carbocycles. The van der Waals surface area contributed by atoms with E-state index in [1.165, 1.54) is 0 Å². The van der Waals surface area contributed by atoms with Crippen LogP contribution in [0.4, 0.5) is 5.69 Å². The van der Waals surface area contributed by atoms with Crippen LogP contribution in [-0.2, 0) is 16.9 Å². The Kier molecular flexibility index (Phi) is 6.10. The van der Waals surface area contributed by atoms with E-state index in [2.05, 4.69) is 36.5 Å². The monoisotopic (exact) mass is 396 g/mol. The number of hydrogen-bond acceptors (Lipinski definition) is 3. The fourth-order valence-corrected chi connectivity index (χ4v) is 3.20. The van der Waals surface area contributed by atoms with Gasteiger partial charge in [0.1, 0.15) is 5.69 Å². The van der Waals surface area contributed by atoms with Gasteiger partial charge in [-0.3, -0.25) is 14.3 Å². The first-order valence-electron chi connectivity index (χ1n) is 10.5. The summed E-state index contributed by atoms with van der Waals surface area (Å²) < 4.78 is 1.99. The molecule has 0 aliphatic heterocycles. The van der Waals surface area contributed by atoms with Crippen molar-refractivity contribution in [2.75, 3.05) is 5.32 Å². The average molecular weight is 397 g/mol. The molecule has 1 unspecified atom stereocenters. The van der Waals surface area contributed by atoms with E-state index in [1.54, 1.807) is 0 Å². The summed E-state index contributed by atoms with van der Waals surface area (Å²) in [6, 6.07) is 9.50. The fourth-order valence-electron chi connectivity index (χ4n) is 3.20. The van der Waals surface area contributed by atoms with Crippen molar-refractivity contribution in [3.63, 3.8) is 0 Å². The van der Waals surface area contributed by atoms with Crippen molar-refractivity contribution in [3.8, 4) is 0 Å². The van der Waals surface area contributed by atoms with E-state index in [9.17, 15) is 9.59 Å². The Hall–Kier alpha value is -2.63. The van der Waals surface area contributed by atoms with Gasteiger partial charge in [0.25, 0.3) is 5.91 Å². The van der Waals surface area contributed by atoms with Crippen LogP contribution in [0.15, 0.2) is 30.3 Å². The first kappa shape index (κ1) is 21.1. The highest BCUT2D eigenvalue weighted by Crippen LogP contribution is 2.41. The van der Waals surface area contributed by atoms with Gasteiger partial charge in [-0.25, -0.2) is 0 Å². The van der Waals surface area contributed by atoms with Gasteiger partial charge in [-0.1, -0.05) is 26.0 Å². The van der Waals surface area contributed by atoms with Gasteiger partial charge < -0.3 is 10.6 Å². The van der Waals surface area contributed by atoms with Crippen molar-refractivity contribution < 1.29 is 9.59 Å². The van der Waals surface area contributed by atoms with E-state index < -0.39 is 0 Å². The molecular weight excluding hydrogens is 364 g/mol. The number of nitrogens with one attached hydrogen (secondary N) is 2. The van der Waals surface area contributed by atoms with Crippen molar-refractivity contribution in [2.24, 2.45) is 5.92 Å². The highest BCUT2D eigenvalue weighted by molar-refractivity contribution is 5.93. The zero-order valence-electron chi connectivity index (χ0n) is 18.1. The molecule has 6 nitrogen and oxygen atoms in total. The van der Waals surface area contributed by atoms with Crippen LogP contribution in [0.2, 0.25) is 0 Å². The van der Waals surface area contributed by atoms with Crippen molar-refractivity contribution in [1.82, 2.24) is 15.1 Å². The lowest BCUT2D eigenvalue weighted by molar-refractivity contribution is -0.119. The number of hydrogen-bond donors (Lipinski definition) is 2. The van der Waals surface area contributed by atoms with Gasteiger partial charge in [-0.2, -0.15) is 5.10 Å². The van der Waals surface area contributed by atoms with Gasteiger partial charge in [0.15, 0.2) is 0 Å². The first-order chi connectivity index (χ1) is 13.7. The van der Waals surface area contributed by atoms with Crippen LogP contribution in [0.5, 0.6) is 0 Å². The van der Waals surface area contributed by atoms with Crippen LogP contribution in [0.25, 0.3) is 0 Å². The minimum Gasteiger partial charge on any atom is -0.347 e. The zero-order valence-corrected chi connectivity index (χ0v) is 18.1. The lowest BCUT2D eigenvalue weighted by Gasteiger charge is -2.22. The number of aromatic nitrogens is 2. The third-order valence-corrected chi connectivity index (χ3v) is 5.31. The SMILES string of the molecule is CCC(C)C(=O)Nc1cccc(CNC(=O)c2cc(C3CC3)n(C(C)(C)C)n2)c1. The number of rotatable bonds is 7. The molecule has 1 saturated carbocycles. The van der Waals surface area contributed by atoms with Gasteiger partial charge in [0.05, 0.1) is 5.54 Å². The minimum atomic E-state index is -0.177. The largest absolute Gasteiger partial charge is 0.347 e. The predicted octanol–water partition coefficient (Wildman–Crippen LogP) is 4.43. The highest BCUT2D eigenvalue weighted by Gasteiger charge is 2.32. The van der Waals surface area contributed by atoms with Crippen molar-refractivity contribution in [3.05, 3.63) is 47.3 Å². The Morgan fingerprint density at radius 1 is 1.24 bits per heavy atom. The van der Waals surface area contributed by atoms with Crippen molar-refractivity contribution >= 4 is 17.5 Å². The van der Waals surface area contributed by atoms with Crippen LogP contribution >= 0.6 is 0 Å². The Labute approximate surface area is 173 Å². The topological polar surface area (TPSA) is 76.0 Å². The van der Waals surface area contributed by atoms with Gasteiger partial charge in [-0.05, 0) is 63.8 Å². The average Bonchev–Trinajstić information content (AvgIpc) is 3.42. The quantitative estimate of drug-likeness (QED) is 0.727. The summed E-state index contributed by atoms with van der Waals surface area (Å²) >= 11 is 0. The molecule has 2 aromatic rings. The van der Waals surface area contributed by atoms with E-state index in [4.69, 9.17) is 0 Å². The maximum atomic E-state index is 12.7. The lowest BCUT2D eigenvalue weighted by Crippen LogP contribution is -2.27. The number of amides is 2. The van der Waals surface area contributed by atoms with E-state index in [0.29, 0.717) is 18.2 Å². The number of benzene rings is 1. The summed E-state index contributed by atoms with van der Waals surface area (Å²) in [6.45, 7) is 10.6. The molecule has 3 rings (SSSR count). The van der Waals surface area contributed by atoms with Gasteiger partial charge in [-0.15, -0.1) is 0 Å². The summed E-state index contributed by atoms with van der Waals surface area (Å²) in [7, 11) is 0. The maximum Gasteiger partial charge on any atom is 0.272 e. The molecule has 1 aliphatic rings.